The van der Waals surface area contributed by atoms with Crippen LogP contribution in [0.2, 0.25) is 5.04 Å². The van der Waals surface area contributed by atoms with Gasteiger partial charge in [-0.05, 0) is 82.4 Å². The van der Waals surface area contributed by atoms with E-state index >= 15 is 0 Å². The largest absolute Gasteiger partial charge is 0.497 e. The summed E-state index contributed by atoms with van der Waals surface area (Å²) in [4.78, 5) is 26.8. The Morgan fingerprint density at radius 3 is 2.04 bits per heavy atom. The Labute approximate surface area is 316 Å². The highest BCUT2D eigenvalue weighted by Crippen LogP contribution is 2.43. The maximum Gasteiger partial charge on any atom is 0.407 e. The van der Waals surface area contributed by atoms with E-state index in [9.17, 15) is 9.59 Å². The Kier molecular flexibility index (Phi) is 13.7. The van der Waals surface area contributed by atoms with Gasteiger partial charge in [0, 0.05) is 13.0 Å². The zero-order chi connectivity index (χ0) is 37.7. The number of methoxy groups -OCH3 is 1. The maximum atomic E-state index is 13.4. The van der Waals surface area contributed by atoms with Gasteiger partial charge in [0.05, 0.1) is 19.3 Å². The van der Waals surface area contributed by atoms with Crippen molar-refractivity contribution in [2.24, 2.45) is 11.8 Å². The summed E-state index contributed by atoms with van der Waals surface area (Å²) < 4.78 is 24.2. The first-order valence-electron chi connectivity index (χ1n) is 18.8. The third-order valence-electron chi connectivity index (χ3n) is 10.5. The van der Waals surface area contributed by atoms with Gasteiger partial charge >= 0.3 is 6.09 Å². The number of hydrogen-bond donors (Lipinski definition) is 1. The first-order valence-corrected chi connectivity index (χ1v) is 20.7. The number of rotatable bonds is 17. The van der Waals surface area contributed by atoms with Crippen LogP contribution in [0.25, 0.3) is 0 Å². The van der Waals surface area contributed by atoms with Crippen molar-refractivity contribution in [2.45, 2.75) is 77.0 Å². The molecule has 4 aromatic carbocycles. The molecular weight excluding hydrogens is 679 g/mol. The third-order valence-corrected chi connectivity index (χ3v) is 15.6. The maximum absolute atomic E-state index is 13.4. The Bertz CT molecular complexity index is 1720. The van der Waals surface area contributed by atoms with E-state index in [1.54, 1.807) is 13.2 Å². The van der Waals surface area contributed by atoms with Crippen LogP contribution in [0.4, 0.5) is 4.79 Å². The Morgan fingerprint density at radius 2 is 1.45 bits per heavy atom. The number of carbonyl (C=O) groups is 2. The predicted molar refractivity (Wildman–Crippen MR) is 214 cm³/mol. The average Bonchev–Trinajstić information content (AvgIpc) is 3.58. The molecule has 1 aliphatic rings. The summed E-state index contributed by atoms with van der Waals surface area (Å²) in [5.41, 5.74) is 0.338. The number of amides is 1. The lowest BCUT2D eigenvalue weighted by Crippen LogP contribution is -2.66. The van der Waals surface area contributed by atoms with Crippen molar-refractivity contribution >= 4 is 30.6 Å². The Hall–Kier alpha value is -4.66. The van der Waals surface area contributed by atoms with Gasteiger partial charge < -0.3 is 24.0 Å². The van der Waals surface area contributed by atoms with E-state index in [4.69, 9.17) is 18.6 Å². The highest BCUT2D eigenvalue weighted by molar-refractivity contribution is 6.99. The number of ether oxygens (including phenoxy) is 3. The molecule has 1 aliphatic carbocycles. The highest BCUT2D eigenvalue weighted by Gasteiger charge is 2.50. The minimum absolute atomic E-state index is 0.00447. The zero-order valence-electron chi connectivity index (χ0n) is 31.9. The second-order valence-corrected chi connectivity index (χ2v) is 19.4. The molecule has 1 N–H and O–H groups in total. The number of alkyl carbamates (subject to hydrolysis) is 1. The standard InChI is InChI=1S/C45H55NO6Si/c1-35(33-50-39-27-25-38(49-5)26-28-39)42-24-16-31-45(42,46-43(48)51-34-36-17-9-6-10-18-36)30-15-19-37(47)29-32-52-53(44(2,3)4,40-20-11-7-12-21-40)41-22-13-8-14-23-41/h6-15,17-23,25-28,35,42H,16,24,29-34H2,1-5H3,(H,46,48)/b19-15+/t35-,42-,45-/m1/s1. The van der Waals surface area contributed by atoms with Crippen molar-refractivity contribution in [1.29, 1.82) is 0 Å². The van der Waals surface area contributed by atoms with Crippen LogP contribution in [-0.2, 0) is 20.6 Å². The summed E-state index contributed by atoms with van der Waals surface area (Å²) in [6, 6.07) is 38.2. The molecule has 8 heteroatoms. The van der Waals surface area contributed by atoms with Crippen molar-refractivity contribution in [3.05, 3.63) is 133 Å². The van der Waals surface area contributed by atoms with E-state index in [1.807, 2.05) is 72.8 Å². The molecule has 0 heterocycles. The third kappa shape index (κ3) is 10.1. The first-order chi connectivity index (χ1) is 25.6. The minimum atomic E-state index is -2.75. The van der Waals surface area contributed by atoms with Crippen LogP contribution in [0.1, 0.15) is 65.4 Å². The van der Waals surface area contributed by atoms with Gasteiger partial charge in [0.2, 0.25) is 0 Å². The van der Waals surface area contributed by atoms with Crippen LogP contribution in [-0.4, -0.2) is 46.1 Å². The van der Waals surface area contributed by atoms with Crippen molar-refractivity contribution in [3.63, 3.8) is 0 Å². The topological polar surface area (TPSA) is 83.1 Å². The van der Waals surface area contributed by atoms with Crippen LogP contribution < -0.4 is 25.2 Å². The zero-order valence-corrected chi connectivity index (χ0v) is 32.9. The summed E-state index contributed by atoms with van der Waals surface area (Å²) in [5.74, 6) is 1.77. The average molecular weight is 734 g/mol. The fourth-order valence-electron chi connectivity index (χ4n) is 7.92. The van der Waals surface area contributed by atoms with Crippen LogP contribution in [0.3, 0.4) is 0 Å². The molecule has 3 atom stereocenters. The molecule has 4 aromatic rings. The molecule has 0 aromatic heterocycles. The molecule has 7 nitrogen and oxygen atoms in total. The SMILES string of the molecule is COc1ccc(OC[C@@H](C)[C@H]2CCC[C@@]2(C/C=C/C(=O)CCO[Si](c2ccccc2)(c2ccccc2)C(C)(C)C)NC(=O)OCc2ccccc2)cc1. The van der Waals surface area contributed by atoms with E-state index in [1.165, 1.54) is 10.4 Å². The molecule has 1 amide bonds. The number of benzene rings is 4. The number of ketones is 1. The van der Waals surface area contributed by atoms with Gasteiger partial charge in [0.15, 0.2) is 5.78 Å². The van der Waals surface area contributed by atoms with E-state index in [2.05, 4.69) is 81.5 Å². The van der Waals surface area contributed by atoms with Crippen LogP contribution in [0.15, 0.2) is 127 Å². The molecule has 0 aliphatic heterocycles. The fraction of sp³-hybridized carbons (Fsp3) is 0.378. The molecule has 280 valence electrons. The van der Waals surface area contributed by atoms with Crippen LogP contribution in [0, 0.1) is 11.8 Å². The Morgan fingerprint density at radius 1 is 0.868 bits per heavy atom. The molecule has 5 rings (SSSR count). The van der Waals surface area contributed by atoms with E-state index in [0.717, 1.165) is 36.3 Å². The summed E-state index contributed by atoms with van der Waals surface area (Å²) in [5, 5.41) is 5.48. The molecule has 0 saturated heterocycles. The number of nitrogens with one attached hydrogen (secondary N) is 1. The quantitative estimate of drug-likeness (QED) is 0.0865. The van der Waals surface area contributed by atoms with Crippen molar-refractivity contribution < 1.29 is 28.2 Å². The molecular formula is C45H55NO6Si. The van der Waals surface area contributed by atoms with Gasteiger partial charge in [-0.1, -0.05) is 131 Å². The summed E-state index contributed by atoms with van der Waals surface area (Å²) in [6.45, 7) is 9.86. The Balaban J connectivity index is 1.28. The molecule has 0 unspecified atom stereocenters. The van der Waals surface area contributed by atoms with E-state index < -0.39 is 19.9 Å². The number of hydrogen-bond acceptors (Lipinski definition) is 6. The molecule has 0 bridgehead atoms. The summed E-state index contributed by atoms with van der Waals surface area (Å²) in [7, 11) is -1.11. The van der Waals surface area contributed by atoms with Gasteiger partial charge in [-0.25, -0.2) is 4.79 Å². The second-order valence-electron chi connectivity index (χ2n) is 15.1. The van der Waals surface area contributed by atoms with Crippen molar-refractivity contribution in [2.75, 3.05) is 20.3 Å². The smallest absolute Gasteiger partial charge is 0.407 e. The minimum Gasteiger partial charge on any atom is -0.497 e. The lowest BCUT2D eigenvalue weighted by atomic mass is 9.76. The van der Waals surface area contributed by atoms with Gasteiger partial charge in [0.1, 0.15) is 18.1 Å². The van der Waals surface area contributed by atoms with Gasteiger partial charge in [0.25, 0.3) is 8.32 Å². The fourth-order valence-corrected chi connectivity index (χ4v) is 12.5. The highest BCUT2D eigenvalue weighted by atomic mass is 28.4. The lowest BCUT2D eigenvalue weighted by molar-refractivity contribution is -0.115. The second kappa shape index (κ2) is 18.4. The summed E-state index contributed by atoms with van der Waals surface area (Å²) >= 11 is 0. The first kappa shape index (κ1) is 39.5. The predicted octanol–water partition coefficient (Wildman–Crippen LogP) is 8.66. The summed E-state index contributed by atoms with van der Waals surface area (Å²) in [6.07, 6.45) is 6.56. The van der Waals surface area contributed by atoms with Gasteiger partial charge in [-0.3, -0.25) is 4.79 Å². The molecule has 53 heavy (non-hydrogen) atoms. The monoisotopic (exact) mass is 733 g/mol. The van der Waals surface area contributed by atoms with E-state index in [-0.39, 0.29) is 35.7 Å². The molecule has 0 spiro atoms. The van der Waals surface area contributed by atoms with E-state index in [0.29, 0.717) is 19.6 Å². The number of allylic oxidation sites excluding steroid dienone is 1. The van der Waals surface area contributed by atoms with Gasteiger partial charge in [-0.15, -0.1) is 0 Å². The van der Waals surface area contributed by atoms with Crippen LogP contribution in [0.5, 0.6) is 11.5 Å². The normalized spacial score (nSPS) is 18.0. The van der Waals surface area contributed by atoms with Gasteiger partial charge in [-0.2, -0.15) is 0 Å². The van der Waals surface area contributed by atoms with Crippen molar-refractivity contribution in [3.8, 4) is 11.5 Å². The molecule has 0 radical (unpaired) electrons. The van der Waals surface area contributed by atoms with Crippen molar-refractivity contribution in [1.82, 2.24) is 5.32 Å². The molecule has 1 fully saturated rings. The molecule has 1 saturated carbocycles. The lowest BCUT2D eigenvalue weighted by Gasteiger charge is -2.43. The number of carbonyl (C=O) groups excluding carboxylic acids is 2. The van der Waals surface area contributed by atoms with Crippen LogP contribution >= 0.6 is 0 Å².